The predicted octanol–water partition coefficient (Wildman–Crippen LogP) is 5.30. The van der Waals surface area contributed by atoms with Crippen LogP contribution in [-0.4, -0.2) is 37.2 Å². The molecule has 138 valence electrons. The Balaban J connectivity index is 2.48. The van der Waals surface area contributed by atoms with Crippen molar-refractivity contribution in [1.29, 1.82) is 0 Å². The Morgan fingerprint density at radius 3 is 2.08 bits per heavy atom. The van der Waals surface area contributed by atoms with Crippen molar-refractivity contribution < 1.29 is 4.74 Å². The average Bonchev–Trinajstić information content (AvgIpc) is 2.46. The van der Waals surface area contributed by atoms with E-state index in [2.05, 4.69) is 84.7 Å². The first kappa shape index (κ1) is 21.2. The summed E-state index contributed by atoms with van der Waals surface area (Å²) in [7, 11) is 2.20. The van der Waals surface area contributed by atoms with E-state index >= 15 is 0 Å². The fraction of sp³-hybridized carbons (Fsp3) is 0.727. The van der Waals surface area contributed by atoms with Crippen LogP contribution in [0.25, 0.3) is 0 Å². The summed E-state index contributed by atoms with van der Waals surface area (Å²) < 4.78 is 5.83. The van der Waals surface area contributed by atoms with Crippen molar-refractivity contribution in [3.8, 4) is 0 Å². The van der Waals surface area contributed by atoms with Crippen molar-refractivity contribution in [2.75, 3.05) is 20.1 Å². The van der Waals surface area contributed by atoms with Gasteiger partial charge in [-0.3, -0.25) is 0 Å². The first-order valence-corrected chi connectivity index (χ1v) is 9.57. The molecule has 0 aliphatic heterocycles. The van der Waals surface area contributed by atoms with E-state index in [0.717, 1.165) is 19.5 Å². The summed E-state index contributed by atoms with van der Waals surface area (Å²) in [6.45, 7) is 17.7. The largest absolute Gasteiger partial charge is 0.375 e. The molecular formula is C22H39NO. The van der Waals surface area contributed by atoms with Crippen LogP contribution in [0.3, 0.4) is 0 Å². The van der Waals surface area contributed by atoms with Gasteiger partial charge in [0.2, 0.25) is 0 Å². The Kier molecular flexibility index (Phi) is 8.45. The van der Waals surface area contributed by atoms with E-state index < -0.39 is 0 Å². The minimum Gasteiger partial charge on any atom is -0.375 e. The van der Waals surface area contributed by atoms with E-state index in [-0.39, 0.29) is 11.5 Å². The Bertz CT molecular complexity index is 463. The highest BCUT2D eigenvalue weighted by Gasteiger charge is 2.18. The summed E-state index contributed by atoms with van der Waals surface area (Å²) in [5.74, 6) is 0.645. The molecule has 0 fully saturated rings. The maximum atomic E-state index is 5.83. The van der Waals surface area contributed by atoms with Crippen molar-refractivity contribution in [3.63, 3.8) is 0 Å². The van der Waals surface area contributed by atoms with Gasteiger partial charge in [0, 0.05) is 13.1 Å². The van der Waals surface area contributed by atoms with Crippen LogP contribution in [0.2, 0.25) is 0 Å². The molecule has 2 atom stereocenters. The lowest BCUT2D eigenvalue weighted by molar-refractivity contribution is 0.00110. The summed E-state index contributed by atoms with van der Waals surface area (Å²) in [5.41, 5.74) is 3.16. The lowest BCUT2D eigenvalue weighted by Gasteiger charge is -2.26. The minimum absolute atomic E-state index is 0.275. The molecule has 2 heteroatoms. The molecule has 0 amide bonds. The Labute approximate surface area is 150 Å². The molecule has 2 nitrogen and oxygen atoms in total. The van der Waals surface area contributed by atoms with Crippen LogP contribution in [0.15, 0.2) is 24.3 Å². The number of nitrogens with zero attached hydrogens (tertiary/aromatic N) is 1. The molecule has 0 aromatic heterocycles. The Morgan fingerprint density at radius 1 is 1.00 bits per heavy atom. The number of hydrogen-bond donors (Lipinski definition) is 0. The SMILES string of the molecule is CCC(C)(C)c1ccc(CC(C)CN(C)C[C@H](C)OC(C)C)cc1. The van der Waals surface area contributed by atoms with Gasteiger partial charge >= 0.3 is 0 Å². The van der Waals surface area contributed by atoms with Crippen LogP contribution < -0.4 is 0 Å². The van der Waals surface area contributed by atoms with Gasteiger partial charge in [-0.25, -0.2) is 0 Å². The third-order valence-electron chi connectivity index (χ3n) is 4.90. The molecule has 0 aliphatic carbocycles. The molecule has 24 heavy (non-hydrogen) atoms. The third-order valence-corrected chi connectivity index (χ3v) is 4.90. The maximum Gasteiger partial charge on any atom is 0.0677 e. The summed E-state index contributed by atoms with van der Waals surface area (Å²) in [5, 5.41) is 0. The summed E-state index contributed by atoms with van der Waals surface area (Å²) in [4.78, 5) is 2.40. The van der Waals surface area contributed by atoms with Crippen LogP contribution in [0.4, 0.5) is 0 Å². The zero-order chi connectivity index (χ0) is 18.3. The molecule has 1 rings (SSSR count). The smallest absolute Gasteiger partial charge is 0.0677 e. The molecule has 0 bridgehead atoms. The molecule has 0 saturated carbocycles. The zero-order valence-electron chi connectivity index (χ0n) is 17.2. The molecule has 0 saturated heterocycles. The van der Waals surface area contributed by atoms with E-state index in [1.807, 2.05) is 0 Å². The highest BCUT2D eigenvalue weighted by molar-refractivity contribution is 5.28. The standard InChI is InChI=1S/C22H39NO/c1-9-22(6,7)21-12-10-20(11-13-21)14-18(4)15-23(8)16-19(5)24-17(2)3/h10-13,17-19H,9,14-16H2,1-8H3/t18?,19-/m0/s1. The molecule has 1 unspecified atom stereocenters. The second-order valence-electron chi connectivity index (χ2n) is 8.46. The van der Waals surface area contributed by atoms with Crippen molar-refractivity contribution in [2.24, 2.45) is 5.92 Å². The average molecular weight is 334 g/mol. The summed E-state index contributed by atoms with van der Waals surface area (Å²) >= 11 is 0. The fourth-order valence-corrected chi connectivity index (χ4v) is 3.32. The highest BCUT2D eigenvalue weighted by Crippen LogP contribution is 2.27. The van der Waals surface area contributed by atoms with Gasteiger partial charge in [-0.2, -0.15) is 0 Å². The number of rotatable bonds is 10. The van der Waals surface area contributed by atoms with Crippen LogP contribution in [0.5, 0.6) is 0 Å². The van der Waals surface area contributed by atoms with Gasteiger partial charge in [-0.15, -0.1) is 0 Å². The quantitative estimate of drug-likeness (QED) is 0.576. The predicted molar refractivity (Wildman–Crippen MR) is 106 cm³/mol. The van der Waals surface area contributed by atoms with Gasteiger partial charge in [-0.1, -0.05) is 52.0 Å². The Hall–Kier alpha value is -0.860. The van der Waals surface area contributed by atoms with Gasteiger partial charge in [0.25, 0.3) is 0 Å². The number of likely N-dealkylation sites (N-methyl/N-ethyl adjacent to an activating group) is 1. The van der Waals surface area contributed by atoms with Crippen molar-refractivity contribution in [3.05, 3.63) is 35.4 Å². The monoisotopic (exact) mass is 333 g/mol. The van der Waals surface area contributed by atoms with Gasteiger partial charge in [0.15, 0.2) is 0 Å². The van der Waals surface area contributed by atoms with E-state index in [4.69, 9.17) is 4.74 Å². The maximum absolute atomic E-state index is 5.83. The van der Waals surface area contributed by atoms with Gasteiger partial charge in [-0.05, 0) is 63.1 Å². The van der Waals surface area contributed by atoms with Crippen molar-refractivity contribution >= 4 is 0 Å². The first-order chi connectivity index (χ1) is 11.1. The first-order valence-electron chi connectivity index (χ1n) is 9.57. The zero-order valence-corrected chi connectivity index (χ0v) is 17.2. The lowest BCUT2D eigenvalue weighted by atomic mass is 9.82. The molecule has 0 N–H and O–H groups in total. The number of ether oxygens (including phenoxy) is 1. The molecule has 1 aromatic carbocycles. The third kappa shape index (κ3) is 7.36. The molecule has 0 spiro atoms. The van der Waals surface area contributed by atoms with Crippen LogP contribution >= 0.6 is 0 Å². The normalized spacial score (nSPS) is 15.1. The van der Waals surface area contributed by atoms with Crippen LogP contribution in [0.1, 0.15) is 66.0 Å². The second kappa shape index (κ2) is 9.58. The van der Waals surface area contributed by atoms with E-state index in [1.54, 1.807) is 0 Å². The van der Waals surface area contributed by atoms with Gasteiger partial charge in [0.05, 0.1) is 12.2 Å². The summed E-state index contributed by atoms with van der Waals surface area (Å²) in [6, 6.07) is 9.25. The van der Waals surface area contributed by atoms with Gasteiger partial charge in [0.1, 0.15) is 0 Å². The van der Waals surface area contributed by atoms with Crippen LogP contribution in [0, 0.1) is 5.92 Å². The molecule has 0 heterocycles. The van der Waals surface area contributed by atoms with E-state index in [1.165, 1.54) is 17.5 Å². The van der Waals surface area contributed by atoms with E-state index in [0.29, 0.717) is 12.0 Å². The molecule has 1 aromatic rings. The lowest BCUT2D eigenvalue weighted by Crippen LogP contribution is -2.34. The molecule has 0 aliphatic rings. The van der Waals surface area contributed by atoms with Crippen molar-refractivity contribution in [1.82, 2.24) is 4.90 Å². The fourth-order valence-electron chi connectivity index (χ4n) is 3.32. The number of benzene rings is 1. The topological polar surface area (TPSA) is 12.5 Å². The van der Waals surface area contributed by atoms with Gasteiger partial charge < -0.3 is 9.64 Å². The van der Waals surface area contributed by atoms with Crippen molar-refractivity contribution in [2.45, 2.75) is 78.9 Å². The highest BCUT2D eigenvalue weighted by atomic mass is 16.5. The Morgan fingerprint density at radius 2 is 1.58 bits per heavy atom. The second-order valence-corrected chi connectivity index (χ2v) is 8.46. The minimum atomic E-state index is 0.275. The summed E-state index contributed by atoms with van der Waals surface area (Å²) in [6.07, 6.45) is 2.90. The molecule has 0 radical (unpaired) electrons. The van der Waals surface area contributed by atoms with E-state index in [9.17, 15) is 0 Å². The van der Waals surface area contributed by atoms with Crippen LogP contribution in [-0.2, 0) is 16.6 Å². The number of hydrogen-bond acceptors (Lipinski definition) is 2. The molecular weight excluding hydrogens is 294 g/mol.